The van der Waals surface area contributed by atoms with Gasteiger partial charge in [-0.05, 0) is 5.56 Å². The summed E-state index contributed by atoms with van der Waals surface area (Å²) in [4.78, 5) is 4.16. The Morgan fingerprint density at radius 1 is 1.19 bits per heavy atom. The van der Waals surface area contributed by atoms with Crippen LogP contribution in [0.2, 0.25) is 0 Å². The fraction of sp³-hybridized carbons (Fsp3) is 0.364. The molecular formula is C11H13NO2S2. The van der Waals surface area contributed by atoms with Crippen LogP contribution in [0.1, 0.15) is 5.56 Å². The molecule has 0 fully saturated rings. The lowest BCUT2D eigenvalue weighted by atomic mass is 10.2. The molecule has 1 aromatic carbocycles. The minimum absolute atomic E-state index is 0.0898. The van der Waals surface area contributed by atoms with Crippen molar-refractivity contribution >= 4 is 26.6 Å². The highest BCUT2D eigenvalue weighted by molar-refractivity contribution is 8.15. The highest BCUT2D eigenvalue weighted by Crippen LogP contribution is 2.15. The van der Waals surface area contributed by atoms with Gasteiger partial charge in [-0.25, -0.2) is 8.42 Å². The van der Waals surface area contributed by atoms with E-state index in [1.165, 1.54) is 0 Å². The molecule has 1 aliphatic heterocycles. The quantitative estimate of drug-likeness (QED) is 0.823. The Morgan fingerprint density at radius 3 is 2.56 bits per heavy atom. The van der Waals surface area contributed by atoms with Crippen LogP contribution in [0.25, 0.3) is 0 Å². The van der Waals surface area contributed by atoms with Crippen LogP contribution in [-0.2, 0) is 15.6 Å². The Labute approximate surface area is 99.9 Å². The summed E-state index contributed by atoms with van der Waals surface area (Å²) in [6.07, 6.45) is 0. The van der Waals surface area contributed by atoms with E-state index in [9.17, 15) is 8.42 Å². The largest absolute Gasteiger partial charge is 0.281 e. The molecule has 0 N–H and O–H groups in total. The molecular weight excluding hydrogens is 242 g/mol. The van der Waals surface area contributed by atoms with Crippen molar-refractivity contribution in [2.24, 2.45) is 4.99 Å². The van der Waals surface area contributed by atoms with Crippen LogP contribution in [0.4, 0.5) is 0 Å². The zero-order valence-corrected chi connectivity index (χ0v) is 10.4. The summed E-state index contributed by atoms with van der Waals surface area (Å²) in [7, 11) is -3.07. The molecule has 0 radical (unpaired) electrons. The third-order valence-electron chi connectivity index (χ3n) is 2.22. The predicted octanol–water partition coefficient (Wildman–Crippen LogP) is 1.75. The third-order valence-corrected chi connectivity index (χ3v) is 4.88. The lowest BCUT2D eigenvalue weighted by Crippen LogP contribution is -2.14. The van der Waals surface area contributed by atoms with Gasteiger partial charge in [0, 0.05) is 12.3 Å². The van der Waals surface area contributed by atoms with E-state index in [0.717, 1.165) is 22.9 Å². The molecule has 5 heteroatoms. The average Bonchev–Trinajstić information content (AvgIpc) is 2.70. The summed E-state index contributed by atoms with van der Waals surface area (Å²) in [5, 5.41) is 0.760. The monoisotopic (exact) mass is 255 g/mol. The summed E-state index contributed by atoms with van der Waals surface area (Å²) >= 11 is 1.55. The van der Waals surface area contributed by atoms with Gasteiger partial charge in [0.2, 0.25) is 0 Å². The van der Waals surface area contributed by atoms with Crippen molar-refractivity contribution < 1.29 is 8.42 Å². The first-order valence-electron chi connectivity index (χ1n) is 5.06. The van der Waals surface area contributed by atoms with Gasteiger partial charge in [0.15, 0.2) is 9.84 Å². The van der Waals surface area contributed by atoms with Gasteiger partial charge in [0.1, 0.15) is 0 Å². The molecule has 1 heterocycles. The normalized spacial score (nSPS) is 16.1. The molecule has 2 rings (SSSR count). The standard InChI is InChI=1S/C11H13NO2S2/c13-16(14,9-11-12-6-7-15-11)8-10-4-2-1-3-5-10/h1-5H,6-9H2. The first kappa shape index (κ1) is 11.7. The Morgan fingerprint density at radius 2 is 1.94 bits per heavy atom. The van der Waals surface area contributed by atoms with Gasteiger partial charge in [0.05, 0.1) is 16.5 Å². The van der Waals surface area contributed by atoms with Gasteiger partial charge in [-0.2, -0.15) is 0 Å². The molecule has 0 unspecified atom stereocenters. The summed E-state index contributed by atoms with van der Waals surface area (Å²) in [5.74, 6) is 1.11. The molecule has 1 aromatic rings. The molecule has 0 saturated heterocycles. The molecule has 3 nitrogen and oxygen atoms in total. The Balaban J connectivity index is 2.03. The van der Waals surface area contributed by atoms with Crippen LogP contribution in [0.15, 0.2) is 35.3 Å². The molecule has 0 saturated carbocycles. The molecule has 1 aliphatic rings. The van der Waals surface area contributed by atoms with Crippen LogP contribution in [0, 0.1) is 0 Å². The van der Waals surface area contributed by atoms with E-state index >= 15 is 0 Å². The fourth-order valence-electron chi connectivity index (χ4n) is 1.53. The number of nitrogens with zero attached hydrogens (tertiary/aromatic N) is 1. The smallest absolute Gasteiger partial charge is 0.160 e. The van der Waals surface area contributed by atoms with Crippen molar-refractivity contribution in [1.82, 2.24) is 0 Å². The van der Waals surface area contributed by atoms with Gasteiger partial charge in [0.25, 0.3) is 0 Å². The van der Waals surface area contributed by atoms with Crippen molar-refractivity contribution in [3.63, 3.8) is 0 Å². The van der Waals surface area contributed by atoms with Crippen molar-refractivity contribution in [3.05, 3.63) is 35.9 Å². The zero-order valence-electron chi connectivity index (χ0n) is 8.80. The summed E-state index contributed by atoms with van der Waals surface area (Å²) < 4.78 is 23.7. The highest BCUT2D eigenvalue weighted by atomic mass is 32.2. The molecule has 0 aromatic heterocycles. The van der Waals surface area contributed by atoms with Gasteiger partial charge >= 0.3 is 0 Å². The number of aliphatic imine (C=N–C) groups is 1. The highest BCUT2D eigenvalue weighted by Gasteiger charge is 2.18. The maximum atomic E-state index is 11.9. The van der Waals surface area contributed by atoms with Crippen molar-refractivity contribution in [2.45, 2.75) is 5.75 Å². The lowest BCUT2D eigenvalue weighted by Gasteiger charge is -2.03. The van der Waals surface area contributed by atoms with Crippen LogP contribution in [0.3, 0.4) is 0 Å². The van der Waals surface area contributed by atoms with E-state index in [0.29, 0.717) is 0 Å². The second kappa shape index (κ2) is 5.01. The number of rotatable bonds is 4. The van der Waals surface area contributed by atoms with E-state index in [2.05, 4.69) is 4.99 Å². The van der Waals surface area contributed by atoms with E-state index in [4.69, 9.17) is 0 Å². The molecule has 0 spiro atoms. The average molecular weight is 255 g/mol. The van der Waals surface area contributed by atoms with Crippen molar-refractivity contribution in [2.75, 3.05) is 18.1 Å². The number of hydrogen-bond donors (Lipinski definition) is 0. The zero-order chi connectivity index (χ0) is 11.4. The molecule has 86 valence electrons. The van der Waals surface area contributed by atoms with Gasteiger partial charge in [-0.1, -0.05) is 30.3 Å². The molecule has 0 atom stereocenters. The third kappa shape index (κ3) is 3.35. The number of sulfone groups is 1. The minimum atomic E-state index is -3.07. The molecule has 0 amide bonds. The Bertz CT molecular complexity index is 480. The van der Waals surface area contributed by atoms with E-state index in [1.807, 2.05) is 30.3 Å². The predicted molar refractivity (Wildman–Crippen MR) is 68.7 cm³/mol. The van der Waals surface area contributed by atoms with E-state index in [-0.39, 0.29) is 11.5 Å². The number of hydrogen-bond acceptors (Lipinski definition) is 4. The SMILES string of the molecule is O=S(=O)(CC1=NCCS1)Cc1ccccc1. The van der Waals surface area contributed by atoms with Crippen LogP contribution >= 0.6 is 11.8 Å². The number of benzene rings is 1. The Kier molecular flexibility index (Phi) is 3.66. The van der Waals surface area contributed by atoms with Crippen LogP contribution < -0.4 is 0 Å². The first-order valence-corrected chi connectivity index (χ1v) is 7.87. The first-order chi connectivity index (χ1) is 7.66. The second-order valence-corrected chi connectivity index (χ2v) is 6.87. The topological polar surface area (TPSA) is 46.5 Å². The summed E-state index contributed by atoms with van der Waals surface area (Å²) in [6.45, 7) is 0.751. The van der Waals surface area contributed by atoms with Crippen LogP contribution in [-0.4, -0.2) is 31.5 Å². The van der Waals surface area contributed by atoms with Crippen molar-refractivity contribution in [3.8, 4) is 0 Å². The van der Waals surface area contributed by atoms with E-state index < -0.39 is 9.84 Å². The molecule has 16 heavy (non-hydrogen) atoms. The fourth-order valence-corrected chi connectivity index (χ4v) is 4.28. The molecule has 0 aliphatic carbocycles. The second-order valence-electron chi connectivity index (χ2n) is 3.64. The molecule has 0 bridgehead atoms. The van der Waals surface area contributed by atoms with Crippen LogP contribution in [0.5, 0.6) is 0 Å². The van der Waals surface area contributed by atoms with Crippen molar-refractivity contribution in [1.29, 1.82) is 0 Å². The van der Waals surface area contributed by atoms with Gasteiger partial charge in [-0.3, -0.25) is 4.99 Å². The lowest BCUT2D eigenvalue weighted by molar-refractivity contribution is 0.599. The van der Waals surface area contributed by atoms with Gasteiger partial charge in [-0.15, -0.1) is 11.8 Å². The maximum absolute atomic E-state index is 11.9. The van der Waals surface area contributed by atoms with E-state index in [1.54, 1.807) is 11.8 Å². The Hall–Kier alpha value is -0.810. The number of thioether (sulfide) groups is 1. The maximum Gasteiger partial charge on any atom is 0.160 e. The summed E-state index contributed by atoms with van der Waals surface area (Å²) in [5.41, 5.74) is 0.839. The van der Waals surface area contributed by atoms with Gasteiger partial charge < -0.3 is 0 Å². The minimum Gasteiger partial charge on any atom is -0.281 e. The summed E-state index contributed by atoms with van der Waals surface area (Å²) in [6, 6.07) is 9.26.